The molecular weight excluding hydrogens is 300 g/mol. The Balaban J connectivity index is 2.19. The van der Waals surface area contributed by atoms with E-state index >= 15 is 0 Å². The molecule has 8 heteroatoms. The first-order valence-corrected chi connectivity index (χ1v) is 6.84. The van der Waals surface area contributed by atoms with E-state index < -0.39 is 12.0 Å². The van der Waals surface area contributed by atoms with Crippen LogP contribution in [0.15, 0.2) is 30.6 Å². The van der Waals surface area contributed by atoms with Crippen LogP contribution in [-0.2, 0) is 4.79 Å². The van der Waals surface area contributed by atoms with Gasteiger partial charge in [-0.2, -0.15) is 0 Å². The summed E-state index contributed by atoms with van der Waals surface area (Å²) in [6, 6.07) is 6.19. The van der Waals surface area contributed by atoms with Gasteiger partial charge in [0, 0.05) is 12.1 Å². The molecule has 0 aliphatic heterocycles. The number of nitrogens with one attached hydrogen (secondary N) is 2. The summed E-state index contributed by atoms with van der Waals surface area (Å²) in [7, 11) is 3.13. The molecular formula is C15H18N4O4. The minimum atomic E-state index is -0.963. The standard InChI is InChI=1S/C15H18N4O4/c1-9(15(20)21)18-13-7-14(17-8-16-13)19-11-5-4-10(22-2)6-12(11)23-3/h4-9H,1-3H3,(H,20,21)(H2,16,17,18,19). The lowest BCUT2D eigenvalue weighted by Crippen LogP contribution is -2.25. The molecule has 122 valence electrons. The molecule has 3 N–H and O–H groups in total. The molecule has 0 radical (unpaired) electrons. The van der Waals surface area contributed by atoms with Gasteiger partial charge in [0.2, 0.25) is 0 Å². The van der Waals surface area contributed by atoms with Crippen molar-refractivity contribution in [2.45, 2.75) is 13.0 Å². The van der Waals surface area contributed by atoms with Crippen LogP contribution in [-0.4, -0.2) is 41.3 Å². The minimum Gasteiger partial charge on any atom is -0.497 e. The molecule has 0 saturated carbocycles. The monoisotopic (exact) mass is 318 g/mol. The van der Waals surface area contributed by atoms with Crippen LogP contribution < -0.4 is 20.1 Å². The van der Waals surface area contributed by atoms with Crippen molar-refractivity contribution in [1.29, 1.82) is 0 Å². The van der Waals surface area contributed by atoms with Gasteiger partial charge in [-0.05, 0) is 19.1 Å². The van der Waals surface area contributed by atoms with E-state index in [-0.39, 0.29) is 0 Å². The summed E-state index contributed by atoms with van der Waals surface area (Å²) >= 11 is 0. The predicted molar refractivity (Wildman–Crippen MR) is 85.6 cm³/mol. The Morgan fingerprint density at radius 2 is 1.91 bits per heavy atom. The fraction of sp³-hybridized carbons (Fsp3) is 0.267. The number of carboxylic acid groups (broad SMARTS) is 1. The number of anilines is 3. The molecule has 1 aromatic carbocycles. The van der Waals surface area contributed by atoms with Crippen molar-refractivity contribution >= 4 is 23.3 Å². The molecule has 0 bridgehead atoms. The second-order valence-corrected chi connectivity index (χ2v) is 4.68. The fourth-order valence-corrected chi connectivity index (χ4v) is 1.83. The lowest BCUT2D eigenvalue weighted by molar-refractivity contribution is -0.137. The summed E-state index contributed by atoms with van der Waals surface area (Å²) in [5, 5.41) is 14.8. The van der Waals surface area contributed by atoms with E-state index in [2.05, 4.69) is 20.6 Å². The summed E-state index contributed by atoms with van der Waals surface area (Å²) in [6.07, 6.45) is 1.34. The first-order chi connectivity index (χ1) is 11.0. The van der Waals surface area contributed by atoms with Gasteiger partial charge in [0.05, 0.1) is 19.9 Å². The number of nitrogens with zero attached hydrogens (tertiary/aromatic N) is 2. The highest BCUT2D eigenvalue weighted by Crippen LogP contribution is 2.31. The van der Waals surface area contributed by atoms with Gasteiger partial charge < -0.3 is 25.2 Å². The number of carboxylic acids is 1. The number of ether oxygens (including phenoxy) is 2. The largest absolute Gasteiger partial charge is 0.497 e. The van der Waals surface area contributed by atoms with E-state index in [1.807, 2.05) is 0 Å². The van der Waals surface area contributed by atoms with Gasteiger partial charge in [-0.15, -0.1) is 0 Å². The molecule has 1 unspecified atom stereocenters. The molecule has 1 heterocycles. The molecule has 0 saturated heterocycles. The molecule has 8 nitrogen and oxygen atoms in total. The van der Waals surface area contributed by atoms with Crippen LogP contribution in [0.3, 0.4) is 0 Å². The van der Waals surface area contributed by atoms with Crippen LogP contribution in [0.1, 0.15) is 6.92 Å². The van der Waals surface area contributed by atoms with Gasteiger partial charge >= 0.3 is 5.97 Å². The predicted octanol–water partition coefficient (Wildman–Crippen LogP) is 2.12. The highest BCUT2D eigenvalue weighted by Gasteiger charge is 2.12. The lowest BCUT2D eigenvalue weighted by Gasteiger charge is -2.13. The van der Waals surface area contributed by atoms with Crippen molar-refractivity contribution in [3.63, 3.8) is 0 Å². The maximum Gasteiger partial charge on any atom is 0.325 e. The van der Waals surface area contributed by atoms with Crippen molar-refractivity contribution in [3.8, 4) is 11.5 Å². The maximum atomic E-state index is 10.9. The Morgan fingerprint density at radius 1 is 1.17 bits per heavy atom. The van der Waals surface area contributed by atoms with Crippen molar-refractivity contribution < 1.29 is 19.4 Å². The Hall–Kier alpha value is -3.03. The summed E-state index contributed by atoms with van der Waals surface area (Å²) in [5.41, 5.74) is 0.698. The average Bonchev–Trinajstić information content (AvgIpc) is 2.55. The van der Waals surface area contributed by atoms with Gasteiger partial charge in [0.25, 0.3) is 0 Å². The Morgan fingerprint density at radius 3 is 2.57 bits per heavy atom. The van der Waals surface area contributed by atoms with E-state index in [0.717, 1.165) is 0 Å². The zero-order valence-corrected chi connectivity index (χ0v) is 13.0. The van der Waals surface area contributed by atoms with Gasteiger partial charge in [0.1, 0.15) is 35.5 Å². The second-order valence-electron chi connectivity index (χ2n) is 4.68. The fourth-order valence-electron chi connectivity index (χ4n) is 1.83. The Bertz CT molecular complexity index is 693. The van der Waals surface area contributed by atoms with Crippen LogP contribution in [0, 0.1) is 0 Å². The molecule has 0 fully saturated rings. The summed E-state index contributed by atoms with van der Waals surface area (Å²) in [5.74, 6) is 1.22. The van der Waals surface area contributed by atoms with Gasteiger partial charge in [-0.3, -0.25) is 4.79 Å². The molecule has 2 aromatic rings. The number of aliphatic carboxylic acids is 1. The van der Waals surface area contributed by atoms with Crippen molar-refractivity contribution in [2.24, 2.45) is 0 Å². The molecule has 0 aliphatic carbocycles. The summed E-state index contributed by atoms with van der Waals surface area (Å²) in [6.45, 7) is 1.53. The van der Waals surface area contributed by atoms with Crippen molar-refractivity contribution in [1.82, 2.24) is 9.97 Å². The van der Waals surface area contributed by atoms with Crippen LogP contribution in [0.4, 0.5) is 17.3 Å². The molecule has 0 amide bonds. The summed E-state index contributed by atoms with van der Waals surface area (Å²) in [4.78, 5) is 19.0. The van der Waals surface area contributed by atoms with Crippen molar-refractivity contribution in [2.75, 3.05) is 24.9 Å². The maximum absolute atomic E-state index is 10.9. The molecule has 23 heavy (non-hydrogen) atoms. The summed E-state index contributed by atoms with van der Waals surface area (Å²) < 4.78 is 10.5. The number of carbonyl (C=O) groups is 1. The third-order valence-electron chi connectivity index (χ3n) is 3.07. The SMILES string of the molecule is COc1ccc(Nc2cc(NC(C)C(=O)O)ncn2)c(OC)c1. The third-order valence-corrected chi connectivity index (χ3v) is 3.07. The molecule has 1 aromatic heterocycles. The van der Waals surface area contributed by atoms with E-state index in [4.69, 9.17) is 14.6 Å². The van der Waals surface area contributed by atoms with E-state index in [0.29, 0.717) is 28.8 Å². The number of aromatic nitrogens is 2. The van der Waals surface area contributed by atoms with Gasteiger partial charge in [-0.25, -0.2) is 9.97 Å². The number of methoxy groups -OCH3 is 2. The Labute approximate surface area is 133 Å². The van der Waals surface area contributed by atoms with Gasteiger partial charge in [-0.1, -0.05) is 0 Å². The van der Waals surface area contributed by atoms with E-state index in [1.54, 1.807) is 38.5 Å². The highest BCUT2D eigenvalue weighted by atomic mass is 16.5. The molecule has 1 atom stereocenters. The quantitative estimate of drug-likeness (QED) is 0.713. The Kier molecular flexibility index (Phi) is 5.19. The zero-order valence-electron chi connectivity index (χ0n) is 13.0. The molecule has 2 rings (SSSR count). The van der Waals surface area contributed by atoms with E-state index in [9.17, 15) is 4.79 Å². The number of benzene rings is 1. The highest BCUT2D eigenvalue weighted by molar-refractivity contribution is 5.76. The van der Waals surface area contributed by atoms with Crippen LogP contribution >= 0.6 is 0 Å². The number of hydrogen-bond donors (Lipinski definition) is 3. The normalized spacial score (nSPS) is 11.4. The van der Waals surface area contributed by atoms with Crippen LogP contribution in [0.5, 0.6) is 11.5 Å². The van der Waals surface area contributed by atoms with E-state index in [1.165, 1.54) is 13.3 Å². The molecule has 0 aliphatic rings. The average molecular weight is 318 g/mol. The van der Waals surface area contributed by atoms with Crippen LogP contribution in [0.2, 0.25) is 0 Å². The zero-order chi connectivity index (χ0) is 16.8. The first kappa shape index (κ1) is 16.3. The van der Waals surface area contributed by atoms with Crippen LogP contribution in [0.25, 0.3) is 0 Å². The lowest BCUT2D eigenvalue weighted by atomic mass is 10.2. The molecule has 0 spiro atoms. The minimum absolute atomic E-state index is 0.407. The smallest absolute Gasteiger partial charge is 0.325 e. The van der Waals surface area contributed by atoms with Gasteiger partial charge in [0.15, 0.2) is 0 Å². The topological polar surface area (TPSA) is 106 Å². The first-order valence-electron chi connectivity index (χ1n) is 6.84. The number of hydrogen-bond acceptors (Lipinski definition) is 7. The second kappa shape index (κ2) is 7.30. The van der Waals surface area contributed by atoms with Crippen molar-refractivity contribution in [3.05, 3.63) is 30.6 Å². The third kappa shape index (κ3) is 4.22. The number of rotatable bonds is 7.